The minimum atomic E-state index is -0.345. The summed E-state index contributed by atoms with van der Waals surface area (Å²) < 4.78 is 24.1. The summed E-state index contributed by atoms with van der Waals surface area (Å²) in [5.74, 6) is 1.01. The van der Waals surface area contributed by atoms with Gasteiger partial charge in [-0.1, -0.05) is 12.1 Å². The monoisotopic (exact) mass is 290 g/mol. The Kier molecular flexibility index (Phi) is 5.00. The maximum atomic E-state index is 13.9. The minimum absolute atomic E-state index is 0.197. The first-order valence-electron chi connectivity index (χ1n) is 6.62. The summed E-state index contributed by atoms with van der Waals surface area (Å²) in [6, 6.07) is 11.9. The van der Waals surface area contributed by atoms with Gasteiger partial charge in [-0.15, -0.1) is 0 Å². The van der Waals surface area contributed by atoms with E-state index in [0.717, 1.165) is 11.3 Å². The van der Waals surface area contributed by atoms with Crippen molar-refractivity contribution in [3.8, 4) is 11.5 Å². The van der Waals surface area contributed by atoms with Crippen LogP contribution in [0.25, 0.3) is 0 Å². The van der Waals surface area contributed by atoms with Crippen LogP contribution in [0.4, 0.5) is 10.1 Å². The summed E-state index contributed by atoms with van der Waals surface area (Å²) in [7, 11) is 3.15. The molecule has 0 spiro atoms. The Bertz CT molecular complexity index is 587. The van der Waals surface area contributed by atoms with E-state index in [1.54, 1.807) is 26.4 Å². The molecule has 0 saturated heterocycles. The lowest BCUT2D eigenvalue weighted by atomic mass is 10.1. The maximum Gasteiger partial charge on any atom is 0.146 e. The first-order valence-corrected chi connectivity index (χ1v) is 6.62. The third kappa shape index (κ3) is 3.64. The Hall–Kier alpha value is -2.27. The summed E-state index contributed by atoms with van der Waals surface area (Å²) in [5, 5.41) is 3.10. The van der Waals surface area contributed by atoms with E-state index in [9.17, 15) is 4.39 Å². The fraction of sp³-hybridized carbons (Fsp3) is 0.250. The fourth-order valence-corrected chi connectivity index (χ4v) is 2.04. The molecule has 0 amide bonds. The fourth-order valence-electron chi connectivity index (χ4n) is 2.04. The van der Waals surface area contributed by atoms with Gasteiger partial charge in [-0.25, -0.2) is 4.39 Å². The van der Waals surface area contributed by atoms with Gasteiger partial charge in [-0.05, 0) is 29.8 Å². The van der Waals surface area contributed by atoms with Gasteiger partial charge in [-0.2, -0.15) is 0 Å². The van der Waals surface area contributed by atoms with Crippen LogP contribution < -0.4 is 20.5 Å². The molecule has 0 aromatic heterocycles. The molecule has 0 aliphatic heterocycles. The van der Waals surface area contributed by atoms with Crippen molar-refractivity contribution in [3.63, 3.8) is 0 Å². The van der Waals surface area contributed by atoms with Gasteiger partial charge in [-0.3, -0.25) is 0 Å². The molecule has 3 N–H and O–H groups in total. The summed E-state index contributed by atoms with van der Waals surface area (Å²) in [6.45, 7) is 0.336. The van der Waals surface area contributed by atoms with Gasteiger partial charge in [0.15, 0.2) is 0 Å². The number of nitrogens with two attached hydrogens (primary N) is 1. The van der Waals surface area contributed by atoms with Crippen LogP contribution in [-0.2, 0) is 0 Å². The van der Waals surface area contributed by atoms with Gasteiger partial charge in [0, 0.05) is 12.6 Å². The molecule has 21 heavy (non-hydrogen) atoms. The van der Waals surface area contributed by atoms with E-state index >= 15 is 0 Å². The van der Waals surface area contributed by atoms with E-state index in [1.165, 1.54) is 6.07 Å². The lowest BCUT2D eigenvalue weighted by Gasteiger charge is -2.19. The number of nitrogens with one attached hydrogen (secondary N) is 1. The van der Waals surface area contributed by atoms with E-state index in [1.807, 2.05) is 24.3 Å². The van der Waals surface area contributed by atoms with Crippen LogP contribution in [0.1, 0.15) is 11.6 Å². The number of methoxy groups -OCH3 is 2. The Morgan fingerprint density at radius 2 is 1.67 bits per heavy atom. The van der Waals surface area contributed by atoms with Crippen LogP contribution >= 0.6 is 0 Å². The van der Waals surface area contributed by atoms with Crippen LogP contribution in [0.2, 0.25) is 0 Å². The highest BCUT2D eigenvalue weighted by atomic mass is 19.1. The Morgan fingerprint density at radius 1 is 1.05 bits per heavy atom. The number of rotatable bonds is 6. The van der Waals surface area contributed by atoms with Crippen LogP contribution in [0, 0.1) is 5.82 Å². The van der Waals surface area contributed by atoms with Gasteiger partial charge in [0.1, 0.15) is 17.3 Å². The molecule has 0 radical (unpaired) electrons. The van der Waals surface area contributed by atoms with Gasteiger partial charge in [0.05, 0.1) is 25.9 Å². The van der Waals surface area contributed by atoms with Crippen molar-refractivity contribution in [2.24, 2.45) is 5.73 Å². The number of anilines is 1. The molecule has 1 unspecified atom stereocenters. The standard InChI is InChI=1S/C16H19FN2O2/c1-20-12-5-3-11(4-6-12)16(10-18)19-15-9-13(21-2)7-8-14(15)17/h3-9,16,19H,10,18H2,1-2H3. The first-order chi connectivity index (χ1) is 10.2. The molecular weight excluding hydrogens is 271 g/mol. The second-order valence-corrected chi connectivity index (χ2v) is 4.55. The lowest BCUT2D eigenvalue weighted by Crippen LogP contribution is -2.21. The average molecular weight is 290 g/mol. The molecule has 2 aromatic rings. The van der Waals surface area contributed by atoms with Crippen LogP contribution in [0.3, 0.4) is 0 Å². The Morgan fingerprint density at radius 3 is 2.24 bits per heavy atom. The Balaban J connectivity index is 2.21. The molecule has 0 heterocycles. The zero-order chi connectivity index (χ0) is 15.2. The minimum Gasteiger partial charge on any atom is -0.497 e. The molecule has 0 bridgehead atoms. The van der Waals surface area contributed by atoms with Crippen molar-refractivity contribution in [2.75, 3.05) is 26.1 Å². The molecule has 1 atom stereocenters. The SMILES string of the molecule is COc1ccc(C(CN)Nc2cc(OC)ccc2F)cc1. The van der Waals surface area contributed by atoms with Crippen LogP contribution in [-0.4, -0.2) is 20.8 Å². The molecule has 0 fully saturated rings. The number of hydrogen-bond acceptors (Lipinski definition) is 4. The molecule has 5 heteroatoms. The molecule has 0 aliphatic rings. The smallest absolute Gasteiger partial charge is 0.146 e. The number of halogens is 1. The highest BCUT2D eigenvalue weighted by molar-refractivity contribution is 5.51. The first kappa shape index (κ1) is 15.1. The van der Waals surface area contributed by atoms with E-state index in [-0.39, 0.29) is 11.9 Å². The van der Waals surface area contributed by atoms with Crippen molar-refractivity contribution >= 4 is 5.69 Å². The summed E-state index contributed by atoms with van der Waals surface area (Å²) in [5.41, 5.74) is 7.12. The maximum absolute atomic E-state index is 13.9. The van der Waals surface area contributed by atoms with Crippen molar-refractivity contribution in [3.05, 3.63) is 53.8 Å². The van der Waals surface area contributed by atoms with Crippen molar-refractivity contribution < 1.29 is 13.9 Å². The summed E-state index contributed by atoms with van der Waals surface area (Å²) in [6.07, 6.45) is 0. The normalized spacial score (nSPS) is 11.8. The highest BCUT2D eigenvalue weighted by Crippen LogP contribution is 2.26. The topological polar surface area (TPSA) is 56.5 Å². The third-order valence-electron chi connectivity index (χ3n) is 3.26. The predicted molar refractivity (Wildman–Crippen MR) is 81.4 cm³/mol. The van der Waals surface area contributed by atoms with Crippen molar-refractivity contribution in [1.29, 1.82) is 0 Å². The molecular formula is C16H19FN2O2. The summed E-state index contributed by atoms with van der Waals surface area (Å²) >= 11 is 0. The third-order valence-corrected chi connectivity index (χ3v) is 3.26. The van der Waals surface area contributed by atoms with E-state index in [0.29, 0.717) is 18.0 Å². The van der Waals surface area contributed by atoms with Gasteiger partial charge < -0.3 is 20.5 Å². The molecule has 2 aromatic carbocycles. The predicted octanol–water partition coefficient (Wildman–Crippen LogP) is 2.95. The number of ether oxygens (including phenoxy) is 2. The molecule has 4 nitrogen and oxygen atoms in total. The zero-order valence-corrected chi connectivity index (χ0v) is 12.1. The Labute approximate surface area is 123 Å². The largest absolute Gasteiger partial charge is 0.497 e. The lowest BCUT2D eigenvalue weighted by molar-refractivity contribution is 0.414. The van der Waals surface area contributed by atoms with E-state index < -0.39 is 0 Å². The zero-order valence-electron chi connectivity index (χ0n) is 12.1. The average Bonchev–Trinajstić information content (AvgIpc) is 2.54. The van der Waals surface area contributed by atoms with Gasteiger partial charge >= 0.3 is 0 Å². The van der Waals surface area contributed by atoms with Gasteiger partial charge in [0.25, 0.3) is 0 Å². The van der Waals surface area contributed by atoms with Crippen LogP contribution in [0.15, 0.2) is 42.5 Å². The highest BCUT2D eigenvalue weighted by Gasteiger charge is 2.13. The summed E-state index contributed by atoms with van der Waals surface area (Å²) in [4.78, 5) is 0. The molecule has 112 valence electrons. The van der Waals surface area contributed by atoms with E-state index in [2.05, 4.69) is 5.32 Å². The molecule has 0 saturated carbocycles. The van der Waals surface area contributed by atoms with Gasteiger partial charge in [0.2, 0.25) is 0 Å². The number of hydrogen-bond donors (Lipinski definition) is 2. The van der Waals surface area contributed by atoms with Crippen molar-refractivity contribution in [2.45, 2.75) is 6.04 Å². The van der Waals surface area contributed by atoms with E-state index in [4.69, 9.17) is 15.2 Å². The molecule has 0 aliphatic carbocycles. The number of benzene rings is 2. The molecule has 2 rings (SSSR count). The second kappa shape index (κ2) is 6.95. The van der Waals surface area contributed by atoms with Crippen LogP contribution in [0.5, 0.6) is 11.5 Å². The quantitative estimate of drug-likeness (QED) is 0.859. The van der Waals surface area contributed by atoms with Crippen molar-refractivity contribution in [1.82, 2.24) is 0 Å². The second-order valence-electron chi connectivity index (χ2n) is 4.55.